The van der Waals surface area contributed by atoms with Gasteiger partial charge in [0.2, 0.25) is 0 Å². The van der Waals surface area contributed by atoms with Crippen LogP contribution in [0.1, 0.15) is 10.4 Å². The summed E-state index contributed by atoms with van der Waals surface area (Å²) in [6.07, 6.45) is 0. The third-order valence-corrected chi connectivity index (χ3v) is 5.94. The molecule has 2 aromatic heterocycles. The molecule has 6 heteroatoms. The normalized spacial score (nSPS) is 16.2. The predicted octanol–water partition coefficient (Wildman–Crippen LogP) is 3.02. The number of nitrogens with zero attached hydrogens (tertiary/aromatic N) is 3. The van der Waals surface area contributed by atoms with Gasteiger partial charge in [-0.15, -0.1) is 22.7 Å². The number of guanidine groups is 1. The van der Waals surface area contributed by atoms with Crippen molar-refractivity contribution in [1.29, 1.82) is 0 Å². The van der Waals surface area contributed by atoms with Gasteiger partial charge in [0.1, 0.15) is 0 Å². The second kappa shape index (κ2) is 7.15. The molecule has 1 aliphatic heterocycles. The topological polar surface area (TPSA) is 30.9 Å². The predicted molar refractivity (Wildman–Crippen MR) is 97.4 cm³/mol. The fraction of sp³-hybridized carbons (Fsp3) is 0.438. The van der Waals surface area contributed by atoms with Gasteiger partial charge in [0.25, 0.3) is 0 Å². The van der Waals surface area contributed by atoms with Gasteiger partial charge in [-0.3, -0.25) is 4.99 Å². The van der Waals surface area contributed by atoms with Crippen LogP contribution in [0.2, 0.25) is 0 Å². The molecule has 1 fully saturated rings. The fourth-order valence-electron chi connectivity index (χ4n) is 2.67. The van der Waals surface area contributed by atoms with Gasteiger partial charge in [-0.1, -0.05) is 0 Å². The summed E-state index contributed by atoms with van der Waals surface area (Å²) in [5.74, 6) is 1.01. The molecule has 3 heterocycles. The van der Waals surface area contributed by atoms with Crippen molar-refractivity contribution in [3.05, 3.63) is 39.4 Å². The molecule has 4 nitrogen and oxygen atoms in total. The van der Waals surface area contributed by atoms with Crippen molar-refractivity contribution in [3.63, 3.8) is 0 Å². The number of hydrogen-bond acceptors (Lipinski definition) is 4. The third kappa shape index (κ3) is 3.44. The highest BCUT2D eigenvalue weighted by Gasteiger charge is 2.20. The van der Waals surface area contributed by atoms with Gasteiger partial charge in [0.15, 0.2) is 5.96 Å². The molecule has 0 atom stereocenters. The van der Waals surface area contributed by atoms with Gasteiger partial charge in [0.05, 0.1) is 11.5 Å². The maximum atomic E-state index is 4.45. The van der Waals surface area contributed by atoms with Crippen molar-refractivity contribution in [1.82, 2.24) is 10.2 Å². The molecule has 2 aromatic rings. The average Bonchev–Trinajstić information content (AvgIpc) is 3.21. The largest absolute Gasteiger partial charge is 0.360 e. The first kappa shape index (κ1) is 15.4. The average molecular weight is 335 g/mol. The zero-order valence-corrected chi connectivity index (χ0v) is 14.7. The van der Waals surface area contributed by atoms with E-state index in [1.54, 1.807) is 11.3 Å². The van der Waals surface area contributed by atoms with Crippen molar-refractivity contribution >= 4 is 33.6 Å². The first-order chi connectivity index (χ1) is 10.8. The number of anilines is 1. The summed E-state index contributed by atoms with van der Waals surface area (Å²) in [7, 11) is 1.87. The van der Waals surface area contributed by atoms with Crippen LogP contribution < -0.4 is 10.2 Å². The Morgan fingerprint density at radius 2 is 2.00 bits per heavy atom. The Morgan fingerprint density at radius 1 is 1.18 bits per heavy atom. The molecule has 0 unspecified atom stereocenters. The quantitative estimate of drug-likeness (QED) is 0.691. The lowest BCUT2D eigenvalue weighted by molar-refractivity contribution is 0.373. The van der Waals surface area contributed by atoms with E-state index < -0.39 is 0 Å². The molecule has 0 aromatic carbocycles. The molecule has 1 saturated heterocycles. The lowest BCUT2D eigenvalue weighted by Crippen LogP contribution is -2.52. The molecule has 22 heavy (non-hydrogen) atoms. The molecular weight excluding hydrogens is 312 g/mol. The van der Waals surface area contributed by atoms with Crippen LogP contribution in [0.5, 0.6) is 0 Å². The summed E-state index contributed by atoms with van der Waals surface area (Å²) in [5, 5.41) is 9.17. The number of aliphatic imine (C=N–C) groups is 1. The van der Waals surface area contributed by atoms with Gasteiger partial charge in [-0.2, -0.15) is 0 Å². The summed E-state index contributed by atoms with van der Waals surface area (Å²) < 4.78 is 0. The van der Waals surface area contributed by atoms with Crippen molar-refractivity contribution in [2.24, 2.45) is 4.99 Å². The van der Waals surface area contributed by atoms with Crippen LogP contribution in [0.4, 0.5) is 5.00 Å². The minimum Gasteiger partial charge on any atom is -0.360 e. The molecule has 0 radical (unpaired) electrons. The van der Waals surface area contributed by atoms with E-state index in [0.29, 0.717) is 0 Å². The van der Waals surface area contributed by atoms with E-state index in [2.05, 4.69) is 56.0 Å². The van der Waals surface area contributed by atoms with Gasteiger partial charge in [-0.05, 0) is 41.4 Å². The Kier molecular flexibility index (Phi) is 5.00. The third-order valence-electron chi connectivity index (χ3n) is 3.98. The highest BCUT2D eigenvalue weighted by molar-refractivity contribution is 7.14. The molecule has 1 N–H and O–H groups in total. The number of nitrogens with one attached hydrogen (secondary N) is 1. The molecule has 1 aliphatic rings. The number of aryl methyl sites for hydroxylation is 1. The number of rotatable bonds is 3. The second-order valence-electron chi connectivity index (χ2n) is 5.35. The highest BCUT2D eigenvalue weighted by Crippen LogP contribution is 2.22. The van der Waals surface area contributed by atoms with E-state index >= 15 is 0 Å². The maximum Gasteiger partial charge on any atom is 0.194 e. The van der Waals surface area contributed by atoms with Crippen molar-refractivity contribution in [2.45, 2.75) is 13.5 Å². The Balaban J connectivity index is 1.53. The van der Waals surface area contributed by atoms with Crippen molar-refractivity contribution < 1.29 is 0 Å². The molecule has 0 bridgehead atoms. The fourth-order valence-corrected chi connectivity index (χ4v) is 4.30. The Labute approximate surface area is 140 Å². The number of piperazine rings is 1. The van der Waals surface area contributed by atoms with Gasteiger partial charge >= 0.3 is 0 Å². The Morgan fingerprint density at radius 3 is 2.59 bits per heavy atom. The van der Waals surface area contributed by atoms with E-state index in [4.69, 9.17) is 0 Å². The van der Waals surface area contributed by atoms with E-state index in [9.17, 15) is 0 Å². The van der Waals surface area contributed by atoms with E-state index in [-0.39, 0.29) is 0 Å². The van der Waals surface area contributed by atoms with Crippen LogP contribution in [-0.4, -0.2) is 44.1 Å². The molecule has 0 spiro atoms. The lowest BCUT2D eigenvalue weighted by Gasteiger charge is -2.37. The minimum absolute atomic E-state index is 0.862. The molecule has 118 valence electrons. The van der Waals surface area contributed by atoms with E-state index in [1.807, 2.05) is 18.4 Å². The van der Waals surface area contributed by atoms with Crippen LogP contribution >= 0.6 is 22.7 Å². The van der Waals surface area contributed by atoms with Crippen LogP contribution in [0.3, 0.4) is 0 Å². The monoisotopic (exact) mass is 334 g/mol. The molecule has 0 saturated carbocycles. The molecule has 0 amide bonds. The summed E-state index contributed by atoms with van der Waals surface area (Å²) in [6.45, 7) is 7.16. The highest BCUT2D eigenvalue weighted by atomic mass is 32.1. The first-order valence-corrected chi connectivity index (χ1v) is 9.31. The van der Waals surface area contributed by atoms with Gasteiger partial charge in [0, 0.05) is 38.1 Å². The summed E-state index contributed by atoms with van der Waals surface area (Å²) in [4.78, 5) is 10.6. The summed E-state index contributed by atoms with van der Waals surface area (Å²) >= 11 is 3.62. The number of hydrogen-bond donors (Lipinski definition) is 1. The molecule has 3 rings (SSSR count). The minimum atomic E-state index is 0.862. The van der Waals surface area contributed by atoms with Gasteiger partial charge < -0.3 is 15.1 Å². The smallest absolute Gasteiger partial charge is 0.194 e. The zero-order valence-electron chi connectivity index (χ0n) is 13.1. The SMILES string of the molecule is CN=C(NCc1sccc1C)N1CCN(c2cccs2)CC1. The zero-order chi connectivity index (χ0) is 15.4. The van der Waals surface area contributed by atoms with Crippen LogP contribution in [0, 0.1) is 6.92 Å². The molecule has 0 aliphatic carbocycles. The van der Waals surface area contributed by atoms with E-state index in [1.165, 1.54) is 15.4 Å². The van der Waals surface area contributed by atoms with Crippen molar-refractivity contribution in [3.8, 4) is 0 Å². The van der Waals surface area contributed by atoms with Crippen LogP contribution in [0.15, 0.2) is 34.0 Å². The van der Waals surface area contributed by atoms with Crippen LogP contribution in [-0.2, 0) is 6.54 Å². The Bertz CT molecular complexity index is 610. The number of thiophene rings is 2. The summed E-state index contributed by atoms with van der Waals surface area (Å²) in [6, 6.07) is 6.49. The maximum absolute atomic E-state index is 4.45. The van der Waals surface area contributed by atoms with Gasteiger partial charge in [-0.25, -0.2) is 0 Å². The van der Waals surface area contributed by atoms with Crippen LogP contribution in [0.25, 0.3) is 0 Å². The Hall–Kier alpha value is -1.53. The second-order valence-corrected chi connectivity index (χ2v) is 7.28. The van der Waals surface area contributed by atoms with E-state index in [0.717, 1.165) is 38.7 Å². The standard InChI is InChI=1S/C16H22N4S2/c1-13-5-11-21-14(13)12-18-16(17-2)20-8-6-19(7-9-20)15-4-3-10-22-15/h3-5,10-11H,6-9,12H2,1-2H3,(H,17,18). The lowest BCUT2D eigenvalue weighted by atomic mass is 10.3. The first-order valence-electron chi connectivity index (χ1n) is 7.55. The molecular formula is C16H22N4S2. The summed E-state index contributed by atoms with van der Waals surface area (Å²) in [5.41, 5.74) is 1.36. The van der Waals surface area contributed by atoms with Crippen molar-refractivity contribution in [2.75, 3.05) is 38.1 Å².